The topological polar surface area (TPSA) is 58.9 Å². The highest BCUT2D eigenvalue weighted by Gasteiger charge is 2.63. The monoisotopic (exact) mass is 200 g/mol. The number of fused-ring (bicyclic) bond motifs is 5. The first-order valence-corrected chi connectivity index (χ1v) is 5.46. The molecule has 3 aliphatic carbocycles. The molecule has 3 saturated carbocycles. The van der Waals surface area contributed by atoms with Gasteiger partial charge in [0.05, 0.1) is 0 Å². The summed E-state index contributed by atoms with van der Waals surface area (Å²) in [4.78, 5) is 8.84. The van der Waals surface area contributed by atoms with Crippen molar-refractivity contribution in [3.8, 4) is 0 Å². The average Bonchev–Trinajstić information content (AvgIpc) is 2.88. The van der Waals surface area contributed by atoms with Crippen LogP contribution in [0, 0.1) is 23.7 Å². The van der Waals surface area contributed by atoms with E-state index in [9.17, 15) is 0 Å². The van der Waals surface area contributed by atoms with E-state index >= 15 is 0 Å². The molecule has 14 heavy (non-hydrogen) atoms. The molecule has 0 amide bonds. The van der Waals surface area contributed by atoms with Gasteiger partial charge >= 0.3 is 0 Å². The molecular weight excluding hydrogens is 184 g/mol. The van der Waals surface area contributed by atoms with Crippen molar-refractivity contribution in [1.82, 2.24) is 0 Å². The Morgan fingerprint density at radius 3 is 2.50 bits per heavy atom. The van der Waals surface area contributed by atoms with E-state index in [-0.39, 0.29) is 5.92 Å². The summed E-state index contributed by atoms with van der Waals surface area (Å²) in [6.45, 7) is 0. The minimum Gasteiger partial charge on any atom is -0.249 e. The van der Waals surface area contributed by atoms with Gasteiger partial charge in [-0.15, -0.1) is 0 Å². The first-order valence-electron chi connectivity index (χ1n) is 5.46. The van der Waals surface area contributed by atoms with E-state index in [4.69, 9.17) is 10.5 Å². The summed E-state index contributed by atoms with van der Waals surface area (Å²) in [6.07, 6.45) is 5.45. The first-order chi connectivity index (χ1) is 6.80. The molecule has 3 fully saturated rings. The van der Waals surface area contributed by atoms with Crippen LogP contribution < -0.4 is 0 Å². The maximum atomic E-state index is 8.87. The van der Waals surface area contributed by atoms with E-state index < -0.39 is 5.79 Å². The number of hydrogen-bond acceptors (Lipinski definition) is 4. The van der Waals surface area contributed by atoms with Gasteiger partial charge in [0.25, 0.3) is 0 Å². The molecule has 3 rings (SSSR count). The molecule has 4 heteroatoms. The zero-order chi connectivity index (χ0) is 9.76. The molecule has 4 nitrogen and oxygen atoms in total. The van der Waals surface area contributed by atoms with Gasteiger partial charge in [-0.3, -0.25) is 0 Å². The highest BCUT2D eigenvalue weighted by atomic mass is 17.2. The van der Waals surface area contributed by atoms with Crippen LogP contribution in [-0.4, -0.2) is 16.3 Å². The van der Waals surface area contributed by atoms with Gasteiger partial charge in [-0.05, 0) is 37.0 Å². The van der Waals surface area contributed by atoms with Crippen molar-refractivity contribution in [2.24, 2.45) is 23.7 Å². The van der Waals surface area contributed by atoms with Gasteiger partial charge in [0.1, 0.15) is 0 Å². The predicted octanol–water partition coefficient (Wildman–Crippen LogP) is 2.12. The lowest BCUT2D eigenvalue weighted by Gasteiger charge is -2.37. The highest BCUT2D eigenvalue weighted by Crippen LogP contribution is 2.63. The average molecular weight is 200 g/mol. The van der Waals surface area contributed by atoms with Gasteiger partial charge in [-0.1, -0.05) is 6.42 Å². The van der Waals surface area contributed by atoms with E-state index in [1.165, 1.54) is 19.3 Å². The van der Waals surface area contributed by atoms with Crippen molar-refractivity contribution in [2.75, 3.05) is 0 Å². The predicted molar refractivity (Wildman–Crippen MR) is 47.2 cm³/mol. The summed E-state index contributed by atoms with van der Waals surface area (Å²) < 4.78 is 0. The van der Waals surface area contributed by atoms with Crippen LogP contribution in [0.5, 0.6) is 0 Å². The van der Waals surface area contributed by atoms with Crippen molar-refractivity contribution in [2.45, 2.75) is 37.9 Å². The maximum absolute atomic E-state index is 8.87. The quantitative estimate of drug-likeness (QED) is 0.407. The minimum absolute atomic E-state index is 0.190. The van der Waals surface area contributed by atoms with Crippen molar-refractivity contribution in [1.29, 1.82) is 0 Å². The van der Waals surface area contributed by atoms with Crippen LogP contribution in [0.25, 0.3) is 0 Å². The molecule has 4 atom stereocenters. The van der Waals surface area contributed by atoms with Gasteiger partial charge in [0.15, 0.2) is 0 Å². The summed E-state index contributed by atoms with van der Waals surface area (Å²) in [5.74, 6) is 1.05. The Morgan fingerprint density at radius 2 is 1.79 bits per heavy atom. The van der Waals surface area contributed by atoms with Crippen molar-refractivity contribution < 1.29 is 20.3 Å². The van der Waals surface area contributed by atoms with Crippen molar-refractivity contribution >= 4 is 0 Å². The molecule has 0 spiro atoms. The normalized spacial score (nSPS) is 48.4. The summed E-state index contributed by atoms with van der Waals surface area (Å²) in [6, 6.07) is 0. The van der Waals surface area contributed by atoms with Gasteiger partial charge < -0.3 is 0 Å². The van der Waals surface area contributed by atoms with Gasteiger partial charge in [-0.2, -0.15) is 0 Å². The Hall–Kier alpha value is -0.160. The molecule has 0 saturated heterocycles. The molecule has 0 aromatic rings. The Balaban J connectivity index is 1.89. The second-order valence-corrected chi connectivity index (χ2v) is 5.06. The fourth-order valence-electron chi connectivity index (χ4n) is 4.26. The lowest BCUT2D eigenvalue weighted by atomic mass is 9.78. The molecule has 0 radical (unpaired) electrons. The van der Waals surface area contributed by atoms with Crippen LogP contribution in [0.3, 0.4) is 0 Å². The maximum Gasteiger partial charge on any atom is 0.236 e. The number of hydrogen-bond donors (Lipinski definition) is 2. The van der Waals surface area contributed by atoms with Gasteiger partial charge in [0, 0.05) is 12.3 Å². The highest BCUT2D eigenvalue weighted by molar-refractivity contribution is 5.06. The third-order valence-corrected chi connectivity index (χ3v) is 4.72. The fraction of sp³-hybridized carbons (Fsp3) is 1.00. The second-order valence-electron chi connectivity index (χ2n) is 5.06. The van der Waals surface area contributed by atoms with Crippen LogP contribution in [0.4, 0.5) is 0 Å². The Kier molecular flexibility index (Phi) is 1.89. The van der Waals surface area contributed by atoms with E-state index in [1.807, 2.05) is 0 Å². The van der Waals surface area contributed by atoms with Crippen molar-refractivity contribution in [3.05, 3.63) is 0 Å². The lowest BCUT2D eigenvalue weighted by Crippen LogP contribution is -2.44. The number of rotatable bonds is 2. The smallest absolute Gasteiger partial charge is 0.236 e. The van der Waals surface area contributed by atoms with Gasteiger partial charge in [0.2, 0.25) is 5.79 Å². The summed E-state index contributed by atoms with van der Waals surface area (Å²) >= 11 is 0. The van der Waals surface area contributed by atoms with Crippen LogP contribution in [0.15, 0.2) is 0 Å². The largest absolute Gasteiger partial charge is 0.249 e. The standard InChI is InChI=1S/C10H16O4/c11-13-10(14-12)5-6-4-9(10)8-3-1-2-7(6)8/h6-9,11-12H,1-5H2/t6-,7-,8-,9+/m1/s1. The lowest BCUT2D eigenvalue weighted by molar-refractivity contribution is -0.502. The fourth-order valence-corrected chi connectivity index (χ4v) is 4.26. The summed E-state index contributed by atoms with van der Waals surface area (Å²) in [5.41, 5.74) is 0. The van der Waals surface area contributed by atoms with E-state index in [2.05, 4.69) is 9.78 Å². The molecule has 0 aromatic heterocycles. The zero-order valence-electron chi connectivity index (χ0n) is 8.06. The third-order valence-electron chi connectivity index (χ3n) is 4.72. The zero-order valence-corrected chi connectivity index (χ0v) is 8.06. The molecule has 0 unspecified atom stereocenters. The minimum atomic E-state index is -1.10. The summed E-state index contributed by atoms with van der Waals surface area (Å²) in [7, 11) is 0. The van der Waals surface area contributed by atoms with E-state index in [1.54, 1.807) is 0 Å². The van der Waals surface area contributed by atoms with Crippen LogP contribution in [0.2, 0.25) is 0 Å². The van der Waals surface area contributed by atoms with Crippen LogP contribution in [0.1, 0.15) is 32.1 Å². The van der Waals surface area contributed by atoms with Crippen LogP contribution >= 0.6 is 0 Å². The molecule has 2 bridgehead atoms. The Morgan fingerprint density at radius 1 is 1.07 bits per heavy atom. The van der Waals surface area contributed by atoms with E-state index in [0.29, 0.717) is 18.3 Å². The van der Waals surface area contributed by atoms with Crippen LogP contribution in [-0.2, 0) is 9.78 Å². The third kappa shape index (κ3) is 0.922. The molecule has 0 heterocycles. The Bertz CT molecular complexity index is 238. The molecule has 0 aliphatic heterocycles. The summed E-state index contributed by atoms with van der Waals surface area (Å²) in [5, 5.41) is 17.7. The molecular formula is C10H16O4. The van der Waals surface area contributed by atoms with Gasteiger partial charge in [-0.25, -0.2) is 20.3 Å². The second kappa shape index (κ2) is 2.92. The molecule has 2 N–H and O–H groups in total. The molecule has 80 valence electrons. The van der Waals surface area contributed by atoms with Crippen molar-refractivity contribution in [3.63, 3.8) is 0 Å². The SMILES string of the molecule is OOC1(OO)C[C@H]2C[C@H]1[C@@H]1CCC[C@H]21. The van der Waals surface area contributed by atoms with E-state index in [0.717, 1.165) is 12.3 Å². The molecule has 0 aromatic carbocycles. The first kappa shape index (κ1) is 9.09. The molecule has 3 aliphatic rings. The Labute approximate surface area is 82.7 Å².